The van der Waals surface area contributed by atoms with Gasteiger partial charge in [-0.3, -0.25) is 11.3 Å². The maximum Gasteiger partial charge on any atom is 0.0624 e. The molecule has 0 spiro atoms. The van der Waals surface area contributed by atoms with Gasteiger partial charge in [0.2, 0.25) is 0 Å². The van der Waals surface area contributed by atoms with Gasteiger partial charge >= 0.3 is 0 Å². The minimum absolute atomic E-state index is 0.110. The predicted molar refractivity (Wildman–Crippen MR) is 89.4 cm³/mol. The van der Waals surface area contributed by atoms with Gasteiger partial charge in [-0.1, -0.05) is 62.9 Å². The van der Waals surface area contributed by atoms with Gasteiger partial charge in [0, 0.05) is 9.50 Å². The topological polar surface area (TPSA) is 38.0 Å². The van der Waals surface area contributed by atoms with Crippen molar-refractivity contribution in [3.05, 3.63) is 67.1 Å². The fraction of sp³-hybridized carbons (Fsp3) is 0.143. The number of rotatable bonds is 4. The van der Waals surface area contributed by atoms with Crippen molar-refractivity contribution >= 4 is 50.7 Å². The molecule has 0 aliphatic heterocycles. The first-order chi connectivity index (χ1) is 9.51. The molecule has 0 saturated heterocycles. The van der Waals surface area contributed by atoms with Crippen LogP contribution in [0.25, 0.3) is 0 Å². The lowest BCUT2D eigenvalue weighted by molar-refractivity contribution is 0.552. The van der Waals surface area contributed by atoms with Crippen LogP contribution in [-0.2, 0) is 6.42 Å². The highest BCUT2D eigenvalue weighted by Crippen LogP contribution is 2.30. The van der Waals surface area contributed by atoms with Gasteiger partial charge in [0.05, 0.1) is 16.1 Å². The summed E-state index contributed by atoms with van der Waals surface area (Å²) in [5.41, 5.74) is 4.69. The van der Waals surface area contributed by atoms with Crippen molar-refractivity contribution in [3.8, 4) is 0 Å². The van der Waals surface area contributed by atoms with Crippen LogP contribution in [0.5, 0.6) is 0 Å². The van der Waals surface area contributed by atoms with Crippen LogP contribution >= 0.6 is 50.7 Å². The van der Waals surface area contributed by atoms with Crippen LogP contribution in [0, 0.1) is 0 Å². The summed E-state index contributed by atoms with van der Waals surface area (Å²) in [5.74, 6) is 5.66. The highest BCUT2D eigenvalue weighted by molar-refractivity contribution is 9.10. The van der Waals surface area contributed by atoms with Crippen LogP contribution in [0.1, 0.15) is 17.2 Å². The van der Waals surface area contributed by atoms with Crippen molar-refractivity contribution in [1.29, 1.82) is 0 Å². The number of nitrogens with two attached hydrogens (primary N) is 1. The molecule has 0 aromatic heterocycles. The Balaban J connectivity index is 2.31. The molecule has 0 aliphatic rings. The lowest BCUT2D eigenvalue weighted by atomic mass is 9.99. The highest BCUT2D eigenvalue weighted by atomic mass is 79.9. The Morgan fingerprint density at radius 2 is 1.90 bits per heavy atom. The summed E-state index contributed by atoms with van der Waals surface area (Å²) >= 11 is 21.7. The van der Waals surface area contributed by atoms with Gasteiger partial charge in [-0.25, -0.2) is 0 Å². The molecule has 0 amide bonds. The van der Waals surface area contributed by atoms with Crippen molar-refractivity contribution < 1.29 is 0 Å². The molecule has 106 valence electrons. The number of hydrogen-bond acceptors (Lipinski definition) is 2. The summed E-state index contributed by atoms with van der Waals surface area (Å²) in [4.78, 5) is 0. The van der Waals surface area contributed by atoms with Crippen LogP contribution in [0.15, 0.2) is 40.9 Å². The zero-order valence-corrected chi connectivity index (χ0v) is 14.2. The summed E-state index contributed by atoms with van der Waals surface area (Å²) in [6.45, 7) is 0. The van der Waals surface area contributed by atoms with E-state index in [4.69, 9.17) is 40.6 Å². The molecule has 6 heteroatoms. The first kappa shape index (κ1) is 16.1. The second-order valence-corrected chi connectivity index (χ2v) is 6.48. The molecule has 1 unspecified atom stereocenters. The van der Waals surface area contributed by atoms with E-state index in [9.17, 15) is 0 Å². The first-order valence-corrected chi connectivity index (χ1v) is 7.79. The van der Waals surface area contributed by atoms with E-state index < -0.39 is 0 Å². The smallest absolute Gasteiger partial charge is 0.0624 e. The Kier molecular flexibility index (Phi) is 5.73. The molecule has 2 aromatic rings. The molecule has 2 aromatic carbocycles. The van der Waals surface area contributed by atoms with Crippen LogP contribution < -0.4 is 11.3 Å². The molecule has 0 radical (unpaired) electrons. The van der Waals surface area contributed by atoms with Gasteiger partial charge in [0.1, 0.15) is 0 Å². The summed E-state index contributed by atoms with van der Waals surface area (Å²) in [7, 11) is 0. The zero-order chi connectivity index (χ0) is 14.7. The van der Waals surface area contributed by atoms with Crippen LogP contribution in [-0.4, -0.2) is 0 Å². The average Bonchev–Trinajstić information content (AvgIpc) is 2.39. The molecule has 0 bridgehead atoms. The third-order valence-electron chi connectivity index (χ3n) is 2.94. The van der Waals surface area contributed by atoms with E-state index in [1.54, 1.807) is 6.07 Å². The second-order valence-electron chi connectivity index (χ2n) is 4.34. The van der Waals surface area contributed by atoms with Crippen molar-refractivity contribution in [3.63, 3.8) is 0 Å². The number of nitrogens with one attached hydrogen (secondary N) is 1. The SMILES string of the molecule is NNC(Cc1cccc(Cl)c1Cl)c1cc(Cl)cc(Br)c1. The molecule has 0 saturated carbocycles. The number of benzene rings is 2. The molecular formula is C14H12BrCl3N2. The Labute approximate surface area is 141 Å². The Bertz CT molecular complexity index is 599. The Morgan fingerprint density at radius 3 is 2.55 bits per heavy atom. The van der Waals surface area contributed by atoms with E-state index in [1.807, 2.05) is 30.3 Å². The van der Waals surface area contributed by atoms with Gasteiger partial charge in [-0.15, -0.1) is 0 Å². The molecule has 2 rings (SSSR count). The third kappa shape index (κ3) is 3.88. The third-order valence-corrected chi connectivity index (χ3v) is 4.48. The molecule has 0 fully saturated rings. The maximum atomic E-state index is 6.21. The predicted octanol–water partition coefficient (Wildman–Crippen LogP) is 5.16. The number of hydrogen-bond donors (Lipinski definition) is 2. The molecule has 3 N–H and O–H groups in total. The van der Waals surface area contributed by atoms with E-state index in [1.165, 1.54) is 0 Å². The van der Waals surface area contributed by atoms with Crippen molar-refractivity contribution in [2.45, 2.75) is 12.5 Å². The minimum atomic E-state index is -0.110. The highest BCUT2D eigenvalue weighted by Gasteiger charge is 2.15. The van der Waals surface area contributed by atoms with Gasteiger partial charge in [-0.05, 0) is 41.8 Å². The lowest BCUT2D eigenvalue weighted by Gasteiger charge is -2.18. The molecule has 0 aliphatic carbocycles. The monoisotopic (exact) mass is 392 g/mol. The van der Waals surface area contributed by atoms with Gasteiger partial charge in [0.15, 0.2) is 0 Å². The first-order valence-electron chi connectivity index (χ1n) is 5.86. The number of halogens is 4. The van der Waals surface area contributed by atoms with Crippen molar-refractivity contribution in [1.82, 2.24) is 5.43 Å². The van der Waals surface area contributed by atoms with Crippen LogP contribution in [0.2, 0.25) is 15.1 Å². The quantitative estimate of drug-likeness (QED) is 0.555. The fourth-order valence-corrected chi connectivity index (χ4v) is 3.26. The minimum Gasteiger partial charge on any atom is -0.271 e. The molecular weight excluding hydrogens is 382 g/mol. The van der Waals surface area contributed by atoms with E-state index in [0.717, 1.165) is 15.6 Å². The summed E-state index contributed by atoms with van der Waals surface area (Å²) in [6.07, 6.45) is 0.614. The standard InChI is InChI=1S/C14H12BrCl3N2/c15-10-4-9(5-11(16)7-10)13(20-19)6-8-2-1-3-12(17)14(8)18/h1-5,7,13,20H,6,19H2. The molecule has 20 heavy (non-hydrogen) atoms. The summed E-state index contributed by atoms with van der Waals surface area (Å²) in [5, 5.41) is 1.73. The Hall–Kier alpha value is -0.290. The molecule has 1 atom stereocenters. The van der Waals surface area contributed by atoms with Crippen molar-refractivity contribution in [2.24, 2.45) is 5.84 Å². The maximum absolute atomic E-state index is 6.21. The number of hydrazine groups is 1. The zero-order valence-electron chi connectivity index (χ0n) is 10.3. The molecule has 2 nitrogen and oxygen atoms in total. The molecule has 0 heterocycles. The van der Waals surface area contributed by atoms with Crippen molar-refractivity contribution in [2.75, 3.05) is 0 Å². The lowest BCUT2D eigenvalue weighted by Crippen LogP contribution is -2.29. The Morgan fingerprint density at radius 1 is 1.15 bits per heavy atom. The van der Waals surface area contributed by atoms with Crippen LogP contribution in [0.4, 0.5) is 0 Å². The normalized spacial score (nSPS) is 12.4. The van der Waals surface area contributed by atoms with E-state index in [0.29, 0.717) is 21.5 Å². The largest absolute Gasteiger partial charge is 0.271 e. The van der Waals surface area contributed by atoms with E-state index >= 15 is 0 Å². The van der Waals surface area contributed by atoms with Crippen LogP contribution in [0.3, 0.4) is 0 Å². The second kappa shape index (κ2) is 7.12. The fourth-order valence-electron chi connectivity index (χ4n) is 1.98. The van der Waals surface area contributed by atoms with Gasteiger partial charge in [0.25, 0.3) is 0 Å². The summed E-state index contributed by atoms with van der Waals surface area (Å²) < 4.78 is 0.900. The van der Waals surface area contributed by atoms with Gasteiger partial charge < -0.3 is 0 Å². The van der Waals surface area contributed by atoms with E-state index in [2.05, 4.69) is 21.4 Å². The van der Waals surface area contributed by atoms with Gasteiger partial charge in [-0.2, -0.15) is 0 Å². The van der Waals surface area contributed by atoms with E-state index in [-0.39, 0.29) is 6.04 Å². The average molecular weight is 395 g/mol. The summed E-state index contributed by atoms with van der Waals surface area (Å²) in [6, 6.07) is 11.1.